The van der Waals surface area contributed by atoms with E-state index in [1.807, 2.05) is 50.5 Å². The van der Waals surface area contributed by atoms with Gasteiger partial charge < -0.3 is 0 Å². The highest BCUT2D eigenvalue weighted by molar-refractivity contribution is 5.61. The predicted molar refractivity (Wildman–Crippen MR) is 76.3 cm³/mol. The van der Waals surface area contributed by atoms with Crippen molar-refractivity contribution in [2.45, 2.75) is 27.1 Å². The molecule has 0 N–H and O–H groups in total. The Bertz CT molecular complexity index is 675. The fourth-order valence-electron chi connectivity index (χ4n) is 2.23. The number of hydrogen-bond donors (Lipinski definition) is 0. The molecule has 0 fully saturated rings. The average molecular weight is 244 g/mol. The van der Waals surface area contributed by atoms with Crippen LogP contribution in [0.4, 0.5) is 0 Å². The van der Waals surface area contributed by atoms with Gasteiger partial charge in [0.2, 0.25) is 5.69 Å². The van der Waals surface area contributed by atoms with Gasteiger partial charge in [-0.05, 0) is 42.5 Å². The highest BCUT2D eigenvalue weighted by Crippen LogP contribution is 2.22. The molecular weight excluding hydrogens is 218 g/mol. The Morgan fingerprint density at radius 2 is 2.17 bits per heavy atom. The number of pyridine rings is 1. The van der Waals surface area contributed by atoms with Crippen molar-refractivity contribution in [2.75, 3.05) is 0 Å². The summed E-state index contributed by atoms with van der Waals surface area (Å²) in [5.74, 6) is -1.47. The first-order chi connectivity index (χ1) is 10.1. The minimum absolute atomic E-state index is 0.214. The average Bonchev–Trinajstić information content (AvgIpc) is 2.38. The molecule has 1 nitrogen and oxygen atoms in total. The molecule has 18 heavy (non-hydrogen) atoms. The second-order valence-electron chi connectivity index (χ2n) is 4.80. The van der Waals surface area contributed by atoms with Gasteiger partial charge in [-0.2, -0.15) is 0 Å². The molecule has 1 aromatic carbocycles. The van der Waals surface area contributed by atoms with Gasteiger partial charge in [-0.25, -0.2) is 4.57 Å². The van der Waals surface area contributed by atoms with E-state index in [0.717, 1.165) is 22.4 Å². The van der Waals surface area contributed by atoms with Gasteiger partial charge in [-0.15, -0.1) is 0 Å². The van der Waals surface area contributed by atoms with Crippen LogP contribution in [0.25, 0.3) is 11.3 Å². The van der Waals surface area contributed by atoms with Crippen LogP contribution in [0.3, 0.4) is 0 Å². The van der Waals surface area contributed by atoms with Gasteiger partial charge in [0.05, 0.1) is 0 Å². The summed E-state index contributed by atoms with van der Waals surface area (Å²) < 4.78 is 32.6. The van der Waals surface area contributed by atoms with Crippen molar-refractivity contribution in [1.29, 1.82) is 0 Å². The molecule has 1 aromatic heterocycles. The van der Waals surface area contributed by atoms with Crippen LogP contribution in [0.1, 0.15) is 30.4 Å². The summed E-state index contributed by atoms with van der Waals surface area (Å²) in [7, 11) is 2.00. The van der Waals surface area contributed by atoms with E-state index in [4.69, 9.17) is 5.48 Å². The Kier molecular flexibility index (Phi) is 2.51. The smallest absolute Gasteiger partial charge is 0.201 e. The molecule has 0 aliphatic carbocycles. The zero-order chi connectivity index (χ0) is 16.5. The maximum atomic E-state index is 8.07. The molecule has 1 atom stereocenters. The first-order valence-electron chi connectivity index (χ1n) is 8.16. The molecule has 2 aromatic rings. The minimum Gasteiger partial charge on any atom is -0.201 e. The zero-order valence-electron chi connectivity index (χ0n) is 15.2. The van der Waals surface area contributed by atoms with Crippen LogP contribution >= 0.6 is 0 Å². The third-order valence-electron chi connectivity index (χ3n) is 3.09. The van der Waals surface area contributed by atoms with E-state index >= 15 is 0 Å². The third kappa shape index (κ3) is 2.79. The molecule has 0 aliphatic heterocycles. The van der Waals surface area contributed by atoms with Crippen molar-refractivity contribution < 1.29 is 10.1 Å². The molecule has 2 rings (SSSR count). The number of aromatic nitrogens is 1. The van der Waals surface area contributed by atoms with Crippen LogP contribution in [0.15, 0.2) is 42.6 Å². The maximum Gasteiger partial charge on any atom is 0.212 e. The fraction of sp³-hybridized carbons (Fsp3) is 0.353. The molecular formula is C17H22N+. The standard InChI is InChI=1S/C17H22N/c1-13(2)11-15-8-9-16(14(3)12-15)17-7-5-6-10-18(17)4/h5-10,12-13H,11H2,1-4H3/q+1/i1D3,13D. The van der Waals surface area contributed by atoms with Crippen LogP contribution < -0.4 is 4.57 Å². The van der Waals surface area contributed by atoms with E-state index in [-0.39, 0.29) is 6.42 Å². The van der Waals surface area contributed by atoms with Gasteiger partial charge in [-0.1, -0.05) is 25.9 Å². The van der Waals surface area contributed by atoms with Crippen LogP contribution in [0.2, 0.25) is 0 Å². The van der Waals surface area contributed by atoms with Gasteiger partial charge in [0.15, 0.2) is 6.20 Å². The minimum atomic E-state index is -2.29. The first kappa shape index (κ1) is 8.47. The van der Waals surface area contributed by atoms with Gasteiger partial charge in [0.25, 0.3) is 0 Å². The van der Waals surface area contributed by atoms with Crippen molar-refractivity contribution in [2.24, 2.45) is 12.9 Å². The van der Waals surface area contributed by atoms with Crippen molar-refractivity contribution in [1.82, 2.24) is 0 Å². The van der Waals surface area contributed by atoms with Gasteiger partial charge in [-0.3, -0.25) is 0 Å². The van der Waals surface area contributed by atoms with Crippen LogP contribution in [0.5, 0.6) is 0 Å². The first-order valence-corrected chi connectivity index (χ1v) is 6.16. The summed E-state index contributed by atoms with van der Waals surface area (Å²) in [6.07, 6.45) is 2.21. The monoisotopic (exact) mass is 244 g/mol. The Morgan fingerprint density at radius 1 is 1.33 bits per heavy atom. The summed E-state index contributed by atoms with van der Waals surface area (Å²) in [6, 6.07) is 12.0. The zero-order valence-corrected chi connectivity index (χ0v) is 11.2. The van der Waals surface area contributed by atoms with E-state index in [9.17, 15) is 0 Å². The normalized spacial score (nSPS) is 18.2. The van der Waals surface area contributed by atoms with E-state index in [0.29, 0.717) is 0 Å². The lowest BCUT2D eigenvalue weighted by Crippen LogP contribution is -2.30. The molecule has 1 heteroatoms. The summed E-state index contributed by atoms with van der Waals surface area (Å²) in [5.41, 5.74) is 4.19. The largest absolute Gasteiger partial charge is 0.212 e. The van der Waals surface area contributed by atoms with Crippen LogP contribution in [-0.2, 0) is 13.5 Å². The second kappa shape index (κ2) is 5.34. The van der Waals surface area contributed by atoms with Gasteiger partial charge in [0.1, 0.15) is 7.05 Å². The Labute approximate surface area is 116 Å². The summed E-state index contributed by atoms with van der Waals surface area (Å²) in [4.78, 5) is 0. The van der Waals surface area contributed by atoms with Gasteiger partial charge in [0, 0.05) is 23.2 Å². The van der Waals surface area contributed by atoms with Crippen molar-refractivity contribution in [3.63, 3.8) is 0 Å². The molecule has 1 heterocycles. The fourth-order valence-corrected chi connectivity index (χ4v) is 2.23. The highest BCUT2D eigenvalue weighted by atomic mass is 14.9. The predicted octanol–water partition coefficient (Wildman–Crippen LogP) is 3.69. The molecule has 0 saturated heterocycles. The topological polar surface area (TPSA) is 3.88 Å². The van der Waals surface area contributed by atoms with E-state index in [1.54, 1.807) is 0 Å². The summed E-state index contributed by atoms with van der Waals surface area (Å²) in [5, 5.41) is 0. The van der Waals surface area contributed by atoms with E-state index in [1.165, 1.54) is 6.92 Å². The number of hydrogen-bond acceptors (Lipinski definition) is 0. The lowest BCUT2D eigenvalue weighted by Gasteiger charge is -2.09. The van der Waals surface area contributed by atoms with Crippen LogP contribution in [-0.4, -0.2) is 0 Å². The molecule has 0 amide bonds. The molecule has 0 bridgehead atoms. The highest BCUT2D eigenvalue weighted by Gasteiger charge is 2.11. The molecule has 0 radical (unpaired) electrons. The Balaban J connectivity index is 2.34. The van der Waals surface area contributed by atoms with Crippen molar-refractivity contribution in [3.8, 4) is 11.3 Å². The SMILES string of the molecule is [2H]C([2H])([2H])C([2H])(C)Cc1ccc(-c2cccc[n+]2C)c(C)c1. The van der Waals surface area contributed by atoms with Crippen molar-refractivity contribution >= 4 is 0 Å². The molecule has 0 saturated carbocycles. The van der Waals surface area contributed by atoms with E-state index < -0.39 is 12.7 Å². The van der Waals surface area contributed by atoms with E-state index in [2.05, 4.69) is 10.6 Å². The number of nitrogens with zero attached hydrogens (tertiary/aromatic N) is 1. The molecule has 1 unspecified atom stereocenters. The maximum absolute atomic E-state index is 8.07. The summed E-state index contributed by atoms with van der Waals surface area (Å²) >= 11 is 0. The number of aryl methyl sites for hydroxylation is 2. The molecule has 94 valence electrons. The second-order valence-corrected chi connectivity index (χ2v) is 4.80. The van der Waals surface area contributed by atoms with Gasteiger partial charge >= 0.3 is 0 Å². The third-order valence-corrected chi connectivity index (χ3v) is 3.09. The van der Waals surface area contributed by atoms with Crippen molar-refractivity contribution in [3.05, 3.63) is 53.7 Å². The Hall–Kier alpha value is -1.63. The lowest BCUT2D eigenvalue weighted by molar-refractivity contribution is -0.660. The quantitative estimate of drug-likeness (QED) is 0.725. The molecule has 0 spiro atoms. The number of rotatable bonds is 3. The van der Waals surface area contributed by atoms with Crippen LogP contribution in [0, 0.1) is 12.8 Å². The molecule has 0 aliphatic rings. The lowest BCUT2D eigenvalue weighted by atomic mass is 9.97. The Morgan fingerprint density at radius 3 is 2.83 bits per heavy atom. The number of benzene rings is 1. The summed E-state index contributed by atoms with van der Waals surface area (Å²) in [6.45, 7) is 1.20.